The largest absolute Gasteiger partial charge is 0.396 e. The summed E-state index contributed by atoms with van der Waals surface area (Å²) in [6.45, 7) is 9.96. The van der Waals surface area contributed by atoms with Crippen LogP contribution in [0.4, 0.5) is 0 Å². The molecular formula is C16H31NO. The summed E-state index contributed by atoms with van der Waals surface area (Å²) in [5, 5.41) is 9.33. The summed E-state index contributed by atoms with van der Waals surface area (Å²) in [5.74, 6) is 1.45. The fourth-order valence-electron chi connectivity index (χ4n) is 3.88. The summed E-state index contributed by atoms with van der Waals surface area (Å²) in [7, 11) is 0. The summed E-state index contributed by atoms with van der Waals surface area (Å²) >= 11 is 0. The van der Waals surface area contributed by atoms with E-state index < -0.39 is 0 Å². The number of likely N-dealkylation sites (tertiary alicyclic amines) is 1. The highest BCUT2D eigenvalue weighted by atomic mass is 16.3. The van der Waals surface area contributed by atoms with Gasteiger partial charge in [0, 0.05) is 19.2 Å². The zero-order valence-corrected chi connectivity index (χ0v) is 12.5. The first kappa shape index (κ1) is 14.3. The van der Waals surface area contributed by atoms with E-state index in [9.17, 15) is 5.11 Å². The van der Waals surface area contributed by atoms with Gasteiger partial charge in [0.2, 0.25) is 0 Å². The van der Waals surface area contributed by atoms with Gasteiger partial charge in [-0.3, -0.25) is 0 Å². The first-order chi connectivity index (χ1) is 8.50. The molecule has 0 aromatic heterocycles. The molecule has 2 rings (SSSR count). The van der Waals surface area contributed by atoms with Crippen LogP contribution < -0.4 is 0 Å². The van der Waals surface area contributed by atoms with Crippen molar-refractivity contribution in [2.75, 3.05) is 19.7 Å². The molecule has 0 aromatic carbocycles. The predicted octanol–water partition coefficient (Wildman–Crippen LogP) is 3.30. The first-order valence-corrected chi connectivity index (χ1v) is 7.85. The third kappa shape index (κ3) is 3.48. The first-order valence-electron chi connectivity index (χ1n) is 7.85. The highest BCUT2D eigenvalue weighted by Crippen LogP contribution is 2.39. The maximum absolute atomic E-state index is 9.33. The SMILES string of the molecule is CC(C)(C)C1CCC(N2CCC[C@@H](CO)C2)CC1. The fourth-order valence-corrected chi connectivity index (χ4v) is 3.88. The van der Waals surface area contributed by atoms with Gasteiger partial charge in [-0.1, -0.05) is 20.8 Å². The number of rotatable bonds is 2. The van der Waals surface area contributed by atoms with Crippen molar-refractivity contribution in [1.82, 2.24) is 4.90 Å². The summed E-state index contributed by atoms with van der Waals surface area (Å²) in [6, 6.07) is 0.804. The standard InChI is InChI=1S/C16H31NO/c1-16(2,3)14-6-8-15(9-7-14)17-10-4-5-13(11-17)12-18/h13-15,18H,4-12H2,1-3H3/t13-,14?,15?/m1/s1. The summed E-state index contributed by atoms with van der Waals surface area (Å²) in [5.41, 5.74) is 0.487. The molecule has 1 heterocycles. The highest BCUT2D eigenvalue weighted by molar-refractivity contribution is 4.86. The molecule has 2 fully saturated rings. The van der Waals surface area contributed by atoms with E-state index in [0.717, 1.165) is 18.5 Å². The number of hydrogen-bond acceptors (Lipinski definition) is 2. The van der Waals surface area contributed by atoms with Crippen LogP contribution in [0.2, 0.25) is 0 Å². The van der Waals surface area contributed by atoms with E-state index in [1.54, 1.807) is 0 Å². The Morgan fingerprint density at radius 2 is 1.72 bits per heavy atom. The van der Waals surface area contributed by atoms with E-state index in [1.807, 2.05) is 0 Å². The van der Waals surface area contributed by atoms with E-state index in [1.165, 1.54) is 45.1 Å². The van der Waals surface area contributed by atoms with Gasteiger partial charge in [0.25, 0.3) is 0 Å². The molecule has 1 aliphatic heterocycles. The minimum absolute atomic E-state index is 0.383. The van der Waals surface area contributed by atoms with Gasteiger partial charge in [-0.2, -0.15) is 0 Å². The average molecular weight is 253 g/mol. The number of nitrogens with zero attached hydrogens (tertiary/aromatic N) is 1. The van der Waals surface area contributed by atoms with Crippen LogP contribution in [0.5, 0.6) is 0 Å². The van der Waals surface area contributed by atoms with E-state index in [4.69, 9.17) is 0 Å². The molecule has 0 radical (unpaired) electrons. The Labute approximate surface area is 113 Å². The molecular weight excluding hydrogens is 222 g/mol. The van der Waals surface area contributed by atoms with Crippen molar-refractivity contribution in [3.63, 3.8) is 0 Å². The second-order valence-corrected chi connectivity index (χ2v) is 7.56. The molecule has 18 heavy (non-hydrogen) atoms. The minimum atomic E-state index is 0.383. The smallest absolute Gasteiger partial charge is 0.0471 e. The average Bonchev–Trinajstić information content (AvgIpc) is 2.38. The normalized spacial score (nSPS) is 35.7. The quantitative estimate of drug-likeness (QED) is 0.816. The van der Waals surface area contributed by atoms with E-state index >= 15 is 0 Å². The van der Waals surface area contributed by atoms with Crippen molar-refractivity contribution >= 4 is 0 Å². The maximum Gasteiger partial charge on any atom is 0.0471 e. The highest BCUT2D eigenvalue weighted by Gasteiger charge is 2.33. The number of piperidine rings is 1. The molecule has 1 N–H and O–H groups in total. The van der Waals surface area contributed by atoms with Crippen molar-refractivity contribution in [1.29, 1.82) is 0 Å². The molecule has 0 spiro atoms. The molecule has 1 atom stereocenters. The van der Waals surface area contributed by atoms with Crippen LogP contribution >= 0.6 is 0 Å². The van der Waals surface area contributed by atoms with E-state index in [2.05, 4.69) is 25.7 Å². The van der Waals surface area contributed by atoms with Gasteiger partial charge in [-0.15, -0.1) is 0 Å². The Hall–Kier alpha value is -0.0800. The third-order valence-electron chi connectivity index (χ3n) is 5.25. The van der Waals surface area contributed by atoms with Crippen molar-refractivity contribution in [3.05, 3.63) is 0 Å². The lowest BCUT2D eigenvalue weighted by atomic mass is 9.71. The Kier molecular flexibility index (Phi) is 4.71. The Morgan fingerprint density at radius 3 is 2.28 bits per heavy atom. The van der Waals surface area contributed by atoms with Crippen molar-refractivity contribution < 1.29 is 5.11 Å². The molecule has 0 aromatic rings. The summed E-state index contributed by atoms with van der Waals surface area (Å²) in [4.78, 5) is 2.67. The van der Waals surface area contributed by atoms with Crippen LogP contribution in [-0.4, -0.2) is 35.7 Å². The van der Waals surface area contributed by atoms with Crippen LogP contribution in [0, 0.1) is 17.3 Å². The molecule has 1 saturated carbocycles. The molecule has 0 bridgehead atoms. The lowest BCUT2D eigenvalue weighted by molar-refractivity contribution is 0.0498. The predicted molar refractivity (Wildman–Crippen MR) is 76.6 cm³/mol. The maximum atomic E-state index is 9.33. The number of aliphatic hydroxyl groups excluding tert-OH is 1. The zero-order valence-electron chi connectivity index (χ0n) is 12.5. The van der Waals surface area contributed by atoms with Crippen LogP contribution in [0.1, 0.15) is 59.3 Å². The molecule has 1 aliphatic carbocycles. The summed E-state index contributed by atoms with van der Waals surface area (Å²) < 4.78 is 0. The van der Waals surface area contributed by atoms with Crippen molar-refractivity contribution in [2.24, 2.45) is 17.3 Å². The second kappa shape index (κ2) is 5.92. The monoisotopic (exact) mass is 253 g/mol. The third-order valence-corrected chi connectivity index (χ3v) is 5.25. The van der Waals surface area contributed by atoms with Crippen molar-refractivity contribution in [3.8, 4) is 0 Å². The van der Waals surface area contributed by atoms with Gasteiger partial charge in [0.05, 0.1) is 0 Å². The van der Waals surface area contributed by atoms with Crippen molar-refractivity contribution in [2.45, 2.75) is 65.3 Å². The van der Waals surface area contributed by atoms with Gasteiger partial charge in [-0.05, 0) is 62.3 Å². The molecule has 106 valence electrons. The molecule has 2 aliphatic rings. The van der Waals surface area contributed by atoms with Crippen LogP contribution in [-0.2, 0) is 0 Å². The minimum Gasteiger partial charge on any atom is -0.396 e. The Balaban J connectivity index is 1.82. The number of aliphatic hydroxyl groups is 1. The van der Waals surface area contributed by atoms with Crippen LogP contribution in [0.15, 0.2) is 0 Å². The van der Waals surface area contributed by atoms with Gasteiger partial charge in [-0.25, -0.2) is 0 Å². The van der Waals surface area contributed by atoms with Gasteiger partial charge in [0.15, 0.2) is 0 Å². The fraction of sp³-hybridized carbons (Fsp3) is 1.00. The molecule has 1 saturated heterocycles. The molecule has 0 amide bonds. The Bertz CT molecular complexity index is 250. The van der Waals surface area contributed by atoms with Gasteiger partial charge < -0.3 is 10.0 Å². The Morgan fingerprint density at radius 1 is 1.06 bits per heavy atom. The van der Waals surface area contributed by atoms with E-state index in [-0.39, 0.29) is 0 Å². The molecule has 0 unspecified atom stereocenters. The second-order valence-electron chi connectivity index (χ2n) is 7.56. The molecule has 2 heteroatoms. The number of hydrogen-bond donors (Lipinski definition) is 1. The van der Waals surface area contributed by atoms with Gasteiger partial charge >= 0.3 is 0 Å². The summed E-state index contributed by atoms with van der Waals surface area (Å²) in [6.07, 6.45) is 8.05. The topological polar surface area (TPSA) is 23.5 Å². The zero-order chi connectivity index (χ0) is 13.2. The lowest BCUT2D eigenvalue weighted by Crippen LogP contribution is -2.45. The van der Waals surface area contributed by atoms with E-state index in [0.29, 0.717) is 17.9 Å². The molecule has 2 nitrogen and oxygen atoms in total. The van der Waals surface area contributed by atoms with Crippen LogP contribution in [0.25, 0.3) is 0 Å². The lowest BCUT2D eigenvalue weighted by Gasteiger charge is -2.43. The van der Waals surface area contributed by atoms with Gasteiger partial charge in [0.1, 0.15) is 0 Å². The van der Waals surface area contributed by atoms with Crippen LogP contribution in [0.3, 0.4) is 0 Å².